The van der Waals surface area contributed by atoms with E-state index in [0.29, 0.717) is 32.7 Å². The van der Waals surface area contributed by atoms with Crippen LogP contribution < -0.4 is 5.32 Å². The molecule has 0 aromatic carbocycles. The fourth-order valence-electron chi connectivity index (χ4n) is 2.74. The average Bonchev–Trinajstić information content (AvgIpc) is 3.28. The summed E-state index contributed by atoms with van der Waals surface area (Å²) < 4.78 is 5.39. The van der Waals surface area contributed by atoms with Crippen LogP contribution in [0.1, 0.15) is 37.8 Å². The molecule has 1 N–H and O–H groups in total. The molecule has 0 saturated carbocycles. The number of carbonyl (C=O) groups is 1. The second-order valence-electron chi connectivity index (χ2n) is 6.04. The number of nitrogens with one attached hydrogen (secondary N) is 1. The molecule has 3 aromatic heterocycles. The van der Waals surface area contributed by atoms with Crippen molar-refractivity contribution in [2.45, 2.75) is 33.6 Å². The van der Waals surface area contributed by atoms with Gasteiger partial charge in [0.05, 0.1) is 10.4 Å². The maximum Gasteiger partial charge on any atom is 0.268 e. The Morgan fingerprint density at radius 1 is 1.41 bits per heavy atom. The molecule has 0 aliphatic carbocycles. The van der Waals surface area contributed by atoms with E-state index in [4.69, 9.17) is 4.52 Å². The fraction of sp³-hybridized carbons (Fsp3) is 0.316. The van der Waals surface area contributed by atoms with E-state index in [1.807, 2.05) is 26.8 Å². The van der Waals surface area contributed by atoms with E-state index in [0.717, 1.165) is 18.4 Å². The average molecular weight is 381 g/mol. The lowest BCUT2D eigenvalue weighted by atomic mass is 10.0. The molecule has 0 bridgehead atoms. The first-order valence-corrected chi connectivity index (χ1v) is 9.49. The van der Waals surface area contributed by atoms with Crippen LogP contribution in [0.25, 0.3) is 22.2 Å². The molecule has 0 radical (unpaired) electrons. The zero-order valence-corrected chi connectivity index (χ0v) is 16.1. The van der Waals surface area contributed by atoms with Gasteiger partial charge in [-0.15, -0.1) is 11.3 Å². The summed E-state index contributed by atoms with van der Waals surface area (Å²) in [5, 5.41) is 16.9. The van der Waals surface area contributed by atoms with E-state index < -0.39 is 0 Å². The third-order valence-corrected chi connectivity index (χ3v) is 5.59. The highest BCUT2D eigenvalue weighted by atomic mass is 32.1. The van der Waals surface area contributed by atoms with Crippen molar-refractivity contribution in [3.8, 4) is 28.2 Å². The fourth-order valence-corrected chi connectivity index (χ4v) is 3.82. The maximum atomic E-state index is 12.4. The molecular weight excluding hydrogens is 362 g/mol. The van der Waals surface area contributed by atoms with Crippen molar-refractivity contribution in [3.05, 3.63) is 35.7 Å². The van der Waals surface area contributed by atoms with Crippen molar-refractivity contribution in [2.75, 3.05) is 5.32 Å². The Kier molecular flexibility index (Phi) is 5.62. The van der Waals surface area contributed by atoms with Gasteiger partial charge in [0.15, 0.2) is 0 Å². The van der Waals surface area contributed by atoms with E-state index in [2.05, 4.69) is 26.5 Å². The van der Waals surface area contributed by atoms with Crippen LogP contribution in [0.4, 0.5) is 5.00 Å². The monoisotopic (exact) mass is 381 g/mol. The zero-order chi connectivity index (χ0) is 19.4. The van der Waals surface area contributed by atoms with E-state index in [9.17, 15) is 10.1 Å². The number of anilines is 1. The van der Waals surface area contributed by atoms with Crippen molar-refractivity contribution < 1.29 is 9.32 Å². The van der Waals surface area contributed by atoms with E-state index in [-0.39, 0.29) is 11.8 Å². The van der Waals surface area contributed by atoms with Gasteiger partial charge in [-0.25, -0.2) is 0 Å². The van der Waals surface area contributed by atoms with Crippen LogP contribution in [0, 0.1) is 24.2 Å². The quantitative estimate of drug-likeness (QED) is 0.678. The summed E-state index contributed by atoms with van der Waals surface area (Å²) in [6.45, 7) is 5.76. The second-order valence-corrected chi connectivity index (χ2v) is 7.06. The van der Waals surface area contributed by atoms with Gasteiger partial charge in [0, 0.05) is 23.9 Å². The van der Waals surface area contributed by atoms with Gasteiger partial charge in [0.2, 0.25) is 11.7 Å². The molecule has 138 valence electrons. The molecule has 8 heteroatoms. The molecule has 1 amide bonds. The zero-order valence-electron chi connectivity index (χ0n) is 15.3. The largest absolute Gasteiger partial charge is 0.333 e. The summed E-state index contributed by atoms with van der Waals surface area (Å²) in [5.74, 6) is 0.580. The summed E-state index contributed by atoms with van der Waals surface area (Å²) in [5.41, 5.74) is 1.88. The van der Waals surface area contributed by atoms with Gasteiger partial charge in [-0.2, -0.15) is 10.2 Å². The van der Waals surface area contributed by atoms with Gasteiger partial charge >= 0.3 is 0 Å². The van der Waals surface area contributed by atoms with E-state index in [1.165, 1.54) is 11.3 Å². The highest BCUT2D eigenvalue weighted by Gasteiger charge is 2.23. The summed E-state index contributed by atoms with van der Waals surface area (Å²) in [6.07, 6.45) is 4.82. The van der Waals surface area contributed by atoms with Gasteiger partial charge in [0.25, 0.3) is 5.89 Å². The number of hydrogen-bond donors (Lipinski definition) is 1. The molecule has 3 heterocycles. The number of nitriles is 1. The number of rotatable bonds is 6. The summed E-state index contributed by atoms with van der Waals surface area (Å²) in [7, 11) is 0. The van der Waals surface area contributed by atoms with Crippen LogP contribution in [-0.4, -0.2) is 21.0 Å². The first-order valence-electron chi connectivity index (χ1n) is 8.67. The van der Waals surface area contributed by atoms with E-state index in [1.54, 1.807) is 18.5 Å². The third-order valence-electron chi connectivity index (χ3n) is 4.39. The van der Waals surface area contributed by atoms with Crippen molar-refractivity contribution in [2.24, 2.45) is 5.92 Å². The predicted octanol–water partition coefficient (Wildman–Crippen LogP) is 4.41. The SMILES string of the molecule is CCC(CC)C(=O)Nc1sc(-c2nc(-c3cccnc3)no2)c(C)c1C#N. The number of pyridine rings is 1. The maximum absolute atomic E-state index is 12.4. The minimum absolute atomic E-state index is 0.0779. The Morgan fingerprint density at radius 3 is 2.81 bits per heavy atom. The molecule has 0 fully saturated rings. The van der Waals surface area contributed by atoms with Gasteiger partial charge < -0.3 is 9.84 Å². The molecule has 0 aliphatic rings. The Morgan fingerprint density at radius 2 is 2.19 bits per heavy atom. The Balaban J connectivity index is 1.94. The normalized spacial score (nSPS) is 10.8. The molecule has 0 unspecified atom stereocenters. The smallest absolute Gasteiger partial charge is 0.268 e. The number of hydrogen-bond acceptors (Lipinski definition) is 7. The summed E-state index contributed by atoms with van der Waals surface area (Å²) >= 11 is 1.27. The first-order chi connectivity index (χ1) is 13.1. The molecule has 0 atom stereocenters. The van der Waals surface area contributed by atoms with Crippen LogP contribution in [0.5, 0.6) is 0 Å². The summed E-state index contributed by atoms with van der Waals surface area (Å²) in [4.78, 5) is 21.6. The Bertz CT molecular complexity index is 983. The predicted molar refractivity (Wildman–Crippen MR) is 103 cm³/mol. The van der Waals surface area contributed by atoms with Crippen molar-refractivity contribution in [1.82, 2.24) is 15.1 Å². The topological polar surface area (TPSA) is 105 Å². The molecule has 27 heavy (non-hydrogen) atoms. The molecule has 0 aliphatic heterocycles. The Hall–Kier alpha value is -3.05. The molecule has 3 aromatic rings. The van der Waals surface area contributed by atoms with E-state index >= 15 is 0 Å². The number of aromatic nitrogens is 3. The number of amides is 1. The molecule has 3 rings (SSSR count). The number of thiophene rings is 1. The molecule has 0 saturated heterocycles. The van der Waals surface area contributed by atoms with Gasteiger partial charge in [-0.3, -0.25) is 9.78 Å². The highest BCUT2D eigenvalue weighted by molar-refractivity contribution is 7.20. The first kappa shape index (κ1) is 18.7. The minimum Gasteiger partial charge on any atom is -0.333 e. The van der Waals surface area contributed by atoms with Gasteiger partial charge in [-0.1, -0.05) is 19.0 Å². The molecule has 7 nitrogen and oxygen atoms in total. The van der Waals surface area contributed by atoms with Crippen LogP contribution in [0.2, 0.25) is 0 Å². The number of carbonyl (C=O) groups excluding carboxylic acids is 1. The van der Waals surface area contributed by atoms with Crippen molar-refractivity contribution in [3.63, 3.8) is 0 Å². The lowest BCUT2D eigenvalue weighted by Gasteiger charge is -2.11. The third kappa shape index (κ3) is 3.73. The Labute approximate surface area is 161 Å². The van der Waals surface area contributed by atoms with Crippen molar-refractivity contribution >= 4 is 22.2 Å². The molecule has 0 spiro atoms. The van der Waals surface area contributed by atoms with Gasteiger partial charge in [0.1, 0.15) is 11.1 Å². The lowest BCUT2D eigenvalue weighted by molar-refractivity contribution is -0.120. The minimum atomic E-state index is -0.0806. The summed E-state index contributed by atoms with van der Waals surface area (Å²) in [6, 6.07) is 5.80. The van der Waals surface area contributed by atoms with Crippen LogP contribution in [0.15, 0.2) is 29.0 Å². The standard InChI is InChI=1S/C19H19N5O2S/c1-4-12(5-2)17(25)23-19-14(9-20)11(3)15(27-19)18-22-16(24-26-18)13-7-6-8-21-10-13/h6-8,10,12H,4-5H2,1-3H3,(H,23,25). The van der Waals surface area contributed by atoms with Crippen LogP contribution >= 0.6 is 11.3 Å². The van der Waals surface area contributed by atoms with Crippen LogP contribution in [0.3, 0.4) is 0 Å². The van der Waals surface area contributed by atoms with Crippen LogP contribution in [-0.2, 0) is 4.79 Å². The van der Waals surface area contributed by atoms with Gasteiger partial charge in [-0.05, 0) is 37.5 Å². The second kappa shape index (κ2) is 8.10. The highest BCUT2D eigenvalue weighted by Crippen LogP contribution is 2.39. The van der Waals surface area contributed by atoms with Crippen molar-refractivity contribution in [1.29, 1.82) is 5.26 Å². The number of nitrogens with zero attached hydrogens (tertiary/aromatic N) is 4. The lowest BCUT2D eigenvalue weighted by Crippen LogP contribution is -2.21. The molecular formula is C19H19N5O2S.